The van der Waals surface area contributed by atoms with E-state index in [4.69, 9.17) is 10.5 Å². The van der Waals surface area contributed by atoms with Crippen molar-refractivity contribution in [3.8, 4) is 0 Å². The van der Waals surface area contributed by atoms with Gasteiger partial charge >= 0.3 is 0 Å². The highest BCUT2D eigenvalue weighted by atomic mass is 16.5. The number of hydrogen-bond donors (Lipinski definition) is 1. The van der Waals surface area contributed by atoms with E-state index in [0.717, 1.165) is 18.9 Å². The van der Waals surface area contributed by atoms with Gasteiger partial charge in [0, 0.05) is 26.2 Å². The Morgan fingerprint density at radius 2 is 1.87 bits per heavy atom. The molecule has 15 heavy (non-hydrogen) atoms. The fourth-order valence-electron chi connectivity index (χ4n) is 1.76. The number of methoxy groups -OCH3 is 1. The van der Waals surface area contributed by atoms with Crippen LogP contribution in [0.4, 0.5) is 0 Å². The van der Waals surface area contributed by atoms with Crippen molar-refractivity contribution >= 4 is 0 Å². The highest BCUT2D eigenvalue weighted by molar-refractivity contribution is 4.68. The molecule has 0 amide bonds. The Morgan fingerprint density at radius 1 is 1.27 bits per heavy atom. The third kappa shape index (κ3) is 6.88. The average molecular weight is 216 g/mol. The Morgan fingerprint density at radius 3 is 2.27 bits per heavy atom. The van der Waals surface area contributed by atoms with Crippen molar-refractivity contribution in [3.63, 3.8) is 0 Å². The first kappa shape index (κ1) is 14.9. The molecular formula is C12H28N2O. The van der Waals surface area contributed by atoms with Crippen LogP contribution in [0.1, 0.15) is 33.6 Å². The maximum Gasteiger partial charge on any atom is 0.0705 e. The van der Waals surface area contributed by atoms with E-state index in [1.807, 2.05) is 0 Å². The smallest absolute Gasteiger partial charge is 0.0705 e. The minimum Gasteiger partial charge on any atom is -0.380 e. The Labute approximate surface area is 95.0 Å². The second kappa shape index (κ2) is 8.08. The second-order valence-electron chi connectivity index (χ2n) is 4.84. The third-order valence-electron chi connectivity index (χ3n) is 2.96. The number of rotatable bonds is 8. The Hall–Kier alpha value is -0.120. The summed E-state index contributed by atoms with van der Waals surface area (Å²) in [5, 5.41) is 0. The lowest BCUT2D eigenvalue weighted by Gasteiger charge is -2.27. The Balaban J connectivity index is 3.76. The lowest BCUT2D eigenvalue weighted by molar-refractivity contribution is 0.0866. The first-order valence-electron chi connectivity index (χ1n) is 5.94. The van der Waals surface area contributed by atoms with Gasteiger partial charge in [-0.05, 0) is 32.7 Å². The minimum atomic E-state index is 0.207. The molecule has 0 bridgehead atoms. The van der Waals surface area contributed by atoms with Crippen molar-refractivity contribution in [3.05, 3.63) is 0 Å². The molecule has 0 radical (unpaired) electrons. The number of ether oxygens (including phenoxy) is 1. The highest BCUT2D eigenvalue weighted by Gasteiger charge is 2.12. The van der Waals surface area contributed by atoms with Crippen LogP contribution in [-0.4, -0.2) is 44.3 Å². The predicted octanol–water partition coefficient (Wildman–Crippen LogP) is 1.72. The topological polar surface area (TPSA) is 38.5 Å². The monoisotopic (exact) mass is 216 g/mol. The van der Waals surface area contributed by atoms with Crippen molar-refractivity contribution in [1.82, 2.24) is 4.90 Å². The lowest BCUT2D eigenvalue weighted by Crippen LogP contribution is -2.34. The van der Waals surface area contributed by atoms with Gasteiger partial charge in [0.2, 0.25) is 0 Å². The molecule has 2 unspecified atom stereocenters. The normalized spacial score (nSPS) is 16.0. The summed E-state index contributed by atoms with van der Waals surface area (Å²) < 4.78 is 5.26. The van der Waals surface area contributed by atoms with Gasteiger partial charge < -0.3 is 15.4 Å². The molecule has 2 N–H and O–H groups in total. The van der Waals surface area contributed by atoms with E-state index in [1.165, 1.54) is 6.42 Å². The van der Waals surface area contributed by atoms with Crippen LogP contribution in [-0.2, 0) is 4.74 Å². The van der Waals surface area contributed by atoms with Gasteiger partial charge in [0.05, 0.1) is 6.10 Å². The van der Waals surface area contributed by atoms with Crippen LogP contribution in [0.15, 0.2) is 0 Å². The predicted molar refractivity (Wildman–Crippen MR) is 66.0 cm³/mol. The first-order valence-corrected chi connectivity index (χ1v) is 5.94. The van der Waals surface area contributed by atoms with Gasteiger partial charge in [-0.3, -0.25) is 0 Å². The van der Waals surface area contributed by atoms with Crippen molar-refractivity contribution in [2.45, 2.75) is 45.8 Å². The van der Waals surface area contributed by atoms with Crippen LogP contribution in [0.5, 0.6) is 0 Å². The zero-order valence-electron chi connectivity index (χ0n) is 11.0. The third-order valence-corrected chi connectivity index (χ3v) is 2.96. The van der Waals surface area contributed by atoms with E-state index in [2.05, 4.69) is 32.7 Å². The molecule has 0 aromatic heterocycles. The lowest BCUT2D eigenvalue weighted by atomic mass is 10.0. The Bertz CT molecular complexity index is 147. The molecule has 0 saturated heterocycles. The summed E-state index contributed by atoms with van der Waals surface area (Å²) in [6, 6.07) is 0.639. The first-order chi connectivity index (χ1) is 7.01. The van der Waals surface area contributed by atoms with Gasteiger partial charge in [-0.25, -0.2) is 0 Å². The van der Waals surface area contributed by atoms with Gasteiger partial charge in [-0.2, -0.15) is 0 Å². The Kier molecular flexibility index (Phi) is 8.02. The quantitative estimate of drug-likeness (QED) is 0.671. The molecule has 0 saturated carbocycles. The second-order valence-corrected chi connectivity index (χ2v) is 4.84. The number of nitrogens with zero attached hydrogens (tertiary/aromatic N) is 1. The molecule has 0 fully saturated rings. The van der Waals surface area contributed by atoms with Crippen LogP contribution in [0.25, 0.3) is 0 Å². The summed E-state index contributed by atoms with van der Waals surface area (Å²) >= 11 is 0. The van der Waals surface area contributed by atoms with Crippen LogP contribution in [0.2, 0.25) is 0 Å². The van der Waals surface area contributed by atoms with E-state index >= 15 is 0 Å². The summed E-state index contributed by atoms with van der Waals surface area (Å²) in [6.07, 6.45) is 2.47. The summed E-state index contributed by atoms with van der Waals surface area (Å²) in [7, 11) is 3.91. The van der Waals surface area contributed by atoms with Gasteiger partial charge in [0.1, 0.15) is 0 Å². The minimum absolute atomic E-state index is 0.207. The molecule has 0 aromatic rings. The van der Waals surface area contributed by atoms with Crippen molar-refractivity contribution < 1.29 is 4.74 Å². The van der Waals surface area contributed by atoms with Crippen molar-refractivity contribution in [2.75, 3.05) is 27.2 Å². The number of hydrogen-bond acceptors (Lipinski definition) is 3. The molecule has 0 aliphatic rings. The summed E-state index contributed by atoms with van der Waals surface area (Å²) in [5.41, 5.74) is 5.58. The van der Waals surface area contributed by atoms with E-state index in [9.17, 15) is 0 Å². The van der Waals surface area contributed by atoms with E-state index in [1.54, 1.807) is 7.11 Å². The summed E-state index contributed by atoms with van der Waals surface area (Å²) in [6.45, 7) is 8.49. The molecule has 0 aromatic carbocycles. The molecule has 0 spiro atoms. The molecule has 0 aliphatic carbocycles. The molecule has 0 rings (SSSR count). The molecule has 3 heteroatoms. The van der Waals surface area contributed by atoms with Gasteiger partial charge in [0.25, 0.3) is 0 Å². The standard InChI is InChI=1S/C12H28N2O/c1-10(2)8-11(3)14(4)7-6-12(9-13)15-5/h10-12H,6-9,13H2,1-5H3. The van der Waals surface area contributed by atoms with Crippen LogP contribution < -0.4 is 5.73 Å². The summed E-state index contributed by atoms with van der Waals surface area (Å²) in [4.78, 5) is 2.39. The zero-order valence-corrected chi connectivity index (χ0v) is 11.0. The highest BCUT2D eigenvalue weighted by Crippen LogP contribution is 2.10. The van der Waals surface area contributed by atoms with Crippen molar-refractivity contribution in [2.24, 2.45) is 11.7 Å². The SMILES string of the molecule is COC(CN)CCN(C)C(C)CC(C)C. The molecule has 0 aliphatic heterocycles. The molecular weight excluding hydrogens is 188 g/mol. The van der Waals surface area contributed by atoms with Crippen molar-refractivity contribution in [1.29, 1.82) is 0 Å². The van der Waals surface area contributed by atoms with E-state index in [-0.39, 0.29) is 6.10 Å². The number of nitrogens with two attached hydrogens (primary N) is 1. The molecule has 3 nitrogen and oxygen atoms in total. The van der Waals surface area contributed by atoms with E-state index < -0.39 is 0 Å². The fourth-order valence-corrected chi connectivity index (χ4v) is 1.76. The maximum absolute atomic E-state index is 5.58. The molecule has 92 valence electrons. The zero-order chi connectivity index (χ0) is 11.8. The van der Waals surface area contributed by atoms with Crippen LogP contribution in [0, 0.1) is 5.92 Å². The van der Waals surface area contributed by atoms with Gasteiger partial charge in [0.15, 0.2) is 0 Å². The van der Waals surface area contributed by atoms with Gasteiger partial charge in [-0.15, -0.1) is 0 Å². The molecule has 2 atom stereocenters. The molecule has 0 heterocycles. The van der Waals surface area contributed by atoms with Crippen LogP contribution in [0.3, 0.4) is 0 Å². The average Bonchev–Trinajstić information content (AvgIpc) is 2.18. The van der Waals surface area contributed by atoms with Gasteiger partial charge in [-0.1, -0.05) is 13.8 Å². The van der Waals surface area contributed by atoms with Crippen LogP contribution >= 0.6 is 0 Å². The largest absolute Gasteiger partial charge is 0.380 e. The fraction of sp³-hybridized carbons (Fsp3) is 1.00. The summed E-state index contributed by atoms with van der Waals surface area (Å²) in [5.74, 6) is 0.759. The maximum atomic E-state index is 5.58. The van der Waals surface area contributed by atoms with E-state index in [0.29, 0.717) is 12.6 Å².